The molecule has 1 fully saturated rings. The Hall–Kier alpha value is -1.85. The number of aromatic nitrogens is 2. The highest BCUT2D eigenvalue weighted by Gasteiger charge is 2.37. The number of likely N-dealkylation sites (tertiary alicyclic amines) is 1. The van der Waals surface area contributed by atoms with E-state index in [1.807, 2.05) is 37.4 Å². The van der Waals surface area contributed by atoms with E-state index < -0.39 is 5.60 Å². The van der Waals surface area contributed by atoms with Gasteiger partial charge in [-0.25, -0.2) is 4.98 Å². The first-order chi connectivity index (χ1) is 10.1. The molecule has 5 nitrogen and oxygen atoms in total. The molecule has 1 atom stereocenters. The highest BCUT2D eigenvalue weighted by atomic mass is 16.5. The van der Waals surface area contributed by atoms with Gasteiger partial charge in [-0.1, -0.05) is 17.7 Å². The van der Waals surface area contributed by atoms with E-state index in [0.717, 1.165) is 31.1 Å². The van der Waals surface area contributed by atoms with Crippen LogP contribution in [-0.4, -0.2) is 45.3 Å². The first-order valence-electron chi connectivity index (χ1n) is 7.25. The summed E-state index contributed by atoms with van der Waals surface area (Å²) in [7, 11) is 0. The maximum absolute atomic E-state index is 10.6. The third-order valence-electron chi connectivity index (χ3n) is 3.87. The number of nitrogens with zero attached hydrogens (tertiary/aromatic N) is 2. The number of hydrogen-bond acceptors (Lipinski definition) is 4. The van der Waals surface area contributed by atoms with Gasteiger partial charge < -0.3 is 14.8 Å². The molecular formula is C16H21N3O2. The molecule has 0 aliphatic carbocycles. The molecule has 2 N–H and O–H groups in total. The van der Waals surface area contributed by atoms with E-state index in [1.165, 1.54) is 5.56 Å². The van der Waals surface area contributed by atoms with Gasteiger partial charge in [-0.2, -0.15) is 0 Å². The van der Waals surface area contributed by atoms with E-state index >= 15 is 0 Å². The Morgan fingerprint density at radius 3 is 2.90 bits per heavy atom. The van der Waals surface area contributed by atoms with Gasteiger partial charge in [0.2, 0.25) is 0 Å². The van der Waals surface area contributed by atoms with Crippen LogP contribution < -0.4 is 4.74 Å². The zero-order valence-corrected chi connectivity index (χ0v) is 12.2. The number of H-pyrrole nitrogens is 1. The van der Waals surface area contributed by atoms with Crippen molar-refractivity contribution in [2.24, 2.45) is 0 Å². The zero-order valence-electron chi connectivity index (χ0n) is 12.2. The second kappa shape index (κ2) is 5.87. The second-order valence-corrected chi connectivity index (χ2v) is 5.82. The summed E-state index contributed by atoms with van der Waals surface area (Å²) in [4.78, 5) is 9.50. The van der Waals surface area contributed by atoms with Crippen molar-refractivity contribution >= 4 is 0 Å². The molecule has 5 heteroatoms. The Bertz CT molecular complexity index is 568. The highest BCUT2D eigenvalue weighted by molar-refractivity contribution is 5.26. The summed E-state index contributed by atoms with van der Waals surface area (Å²) >= 11 is 0. The lowest BCUT2D eigenvalue weighted by Crippen LogP contribution is -2.39. The van der Waals surface area contributed by atoms with Crippen LogP contribution in [0.25, 0.3) is 0 Å². The summed E-state index contributed by atoms with van der Waals surface area (Å²) in [5.74, 6) is 1.73. The number of aryl methyl sites for hydroxylation is 1. The fourth-order valence-corrected chi connectivity index (χ4v) is 2.64. The topological polar surface area (TPSA) is 61.4 Å². The van der Waals surface area contributed by atoms with Gasteiger partial charge in [-0.3, -0.25) is 4.90 Å². The number of rotatable bonds is 5. The normalized spacial score (nSPS) is 22.6. The number of imidazole rings is 1. The minimum Gasteiger partial charge on any atom is -0.491 e. The number of aromatic amines is 1. The smallest absolute Gasteiger partial charge is 0.120 e. The van der Waals surface area contributed by atoms with Gasteiger partial charge in [0.1, 0.15) is 23.8 Å². The molecule has 0 bridgehead atoms. The van der Waals surface area contributed by atoms with Crippen molar-refractivity contribution in [2.45, 2.75) is 25.5 Å². The van der Waals surface area contributed by atoms with Gasteiger partial charge in [0.25, 0.3) is 0 Å². The van der Waals surface area contributed by atoms with E-state index in [4.69, 9.17) is 4.74 Å². The van der Waals surface area contributed by atoms with Crippen molar-refractivity contribution in [3.63, 3.8) is 0 Å². The fourth-order valence-electron chi connectivity index (χ4n) is 2.64. The van der Waals surface area contributed by atoms with E-state index in [0.29, 0.717) is 13.2 Å². The standard InChI is InChI=1S/C16H21N3O2/c1-13-2-4-14(5-3-13)21-12-16(20)6-9-19(11-16)10-15-17-7-8-18-15/h2-5,7-8,20H,6,9-12H2,1H3,(H,17,18). The Labute approximate surface area is 124 Å². The first kappa shape index (κ1) is 14.1. The van der Waals surface area contributed by atoms with Crippen LogP contribution in [0, 0.1) is 6.92 Å². The molecular weight excluding hydrogens is 266 g/mol. The Morgan fingerprint density at radius 2 is 2.19 bits per heavy atom. The number of ether oxygens (including phenoxy) is 1. The summed E-state index contributed by atoms with van der Waals surface area (Å²) in [6, 6.07) is 7.90. The molecule has 21 heavy (non-hydrogen) atoms. The summed E-state index contributed by atoms with van der Waals surface area (Å²) in [6.07, 6.45) is 4.29. The van der Waals surface area contributed by atoms with Gasteiger partial charge in [-0.15, -0.1) is 0 Å². The molecule has 1 aromatic heterocycles. The molecule has 112 valence electrons. The average Bonchev–Trinajstić information content (AvgIpc) is 3.10. The maximum Gasteiger partial charge on any atom is 0.120 e. The van der Waals surface area contributed by atoms with Crippen LogP contribution in [0.15, 0.2) is 36.7 Å². The van der Waals surface area contributed by atoms with Crippen LogP contribution in [0.5, 0.6) is 5.75 Å². The quantitative estimate of drug-likeness (QED) is 0.879. The van der Waals surface area contributed by atoms with Crippen LogP contribution in [0.2, 0.25) is 0 Å². The fraction of sp³-hybridized carbons (Fsp3) is 0.438. The second-order valence-electron chi connectivity index (χ2n) is 5.82. The Balaban J connectivity index is 1.52. The number of hydrogen-bond donors (Lipinski definition) is 2. The van der Waals surface area contributed by atoms with Crippen LogP contribution >= 0.6 is 0 Å². The lowest BCUT2D eigenvalue weighted by Gasteiger charge is -2.23. The molecule has 0 saturated carbocycles. The van der Waals surface area contributed by atoms with Gasteiger partial charge >= 0.3 is 0 Å². The molecule has 3 rings (SSSR count). The molecule has 0 amide bonds. The predicted octanol–water partition coefficient (Wildman–Crippen LogP) is 1.73. The number of β-amino-alcohol motifs (C(OH)–C–C–N with tert-alkyl or cyclic N) is 1. The van der Waals surface area contributed by atoms with Gasteiger partial charge in [0, 0.05) is 25.5 Å². The summed E-state index contributed by atoms with van der Waals surface area (Å²) in [6.45, 7) is 4.57. The number of benzene rings is 1. The van der Waals surface area contributed by atoms with E-state index in [1.54, 1.807) is 6.20 Å². The lowest BCUT2D eigenvalue weighted by molar-refractivity contribution is 0.00323. The Kier molecular flexibility index (Phi) is 3.94. The summed E-state index contributed by atoms with van der Waals surface area (Å²) in [5.41, 5.74) is 0.420. The molecule has 1 unspecified atom stereocenters. The van der Waals surface area contributed by atoms with E-state index in [9.17, 15) is 5.11 Å². The van der Waals surface area contributed by atoms with E-state index in [-0.39, 0.29) is 0 Å². The molecule has 2 heterocycles. The summed E-state index contributed by atoms with van der Waals surface area (Å²) in [5, 5.41) is 10.6. The van der Waals surface area contributed by atoms with Crippen molar-refractivity contribution in [3.05, 3.63) is 48.0 Å². The average molecular weight is 287 g/mol. The van der Waals surface area contributed by atoms with Crippen LogP contribution in [0.3, 0.4) is 0 Å². The van der Waals surface area contributed by atoms with Crippen molar-refractivity contribution in [1.82, 2.24) is 14.9 Å². The maximum atomic E-state index is 10.6. The molecule has 1 aromatic carbocycles. The van der Waals surface area contributed by atoms with Crippen molar-refractivity contribution in [1.29, 1.82) is 0 Å². The third-order valence-corrected chi connectivity index (χ3v) is 3.87. The molecule has 1 saturated heterocycles. The molecule has 0 radical (unpaired) electrons. The van der Waals surface area contributed by atoms with Gasteiger partial charge in [-0.05, 0) is 25.5 Å². The Morgan fingerprint density at radius 1 is 1.38 bits per heavy atom. The van der Waals surface area contributed by atoms with Crippen LogP contribution in [0.1, 0.15) is 17.8 Å². The zero-order chi connectivity index (χ0) is 14.7. The van der Waals surface area contributed by atoms with Crippen molar-refractivity contribution < 1.29 is 9.84 Å². The number of aliphatic hydroxyl groups is 1. The van der Waals surface area contributed by atoms with Crippen molar-refractivity contribution in [2.75, 3.05) is 19.7 Å². The highest BCUT2D eigenvalue weighted by Crippen LogP contribution is 2.24. The summed E-state index contributed by atoms with van der Waals surface area (Å²) < 4.78 is 5.73. The first-order valence-corrected chi connectivity index (χ1v) is 7.25. The molecule has 1 aliphatic rings. The lowest BCUT2D eigenvalue weighted by atomic mass is 10.1. The minimum absolute atomic E-state index is 0.324. The van der Waals surface area contributed by atoms with Crippen molar-refractivity contribution in [3.8, 4) is 5.75 Å². The van der Waals surface area contributed by atoms with Gasteiger partial charge in [0.15, 0.2) is 0 Å². The molecule has 1 aliphatic heterocycles. The molecule has 0 spiro atoms. The monoisotopic (exact) mass is 287 g/mol. The molecule has 2 aromatic rings. The van der Waals surface area contributed by atoms with Crippen LogP contribution in [-0.2, 0) is 6.54 Å². The SMILES string of the molecule is Cc1ccc(OCC2(O)CCN(Cc3ncc[nH]3)C2)cc1. The van der Waals surface area contributed by atoms with E-state index in [2.05, 4.69) is 14.9 Å². The largest absolute Gasteiger partial charge is 0.491 e. The van der Waals surface area contributed by atoms with Crippen LogP contribution in [0.4, 0.5) is 0 Å². The van der Waals surface area contributed by atoms with Gasteiger partial charge in [0.05, 0.1) is 6.54 Å². The third kappa shape index (κ3) is 3.62. The minimum atomic E-state index is -0.780. The predicted molar refractivity (Wildman–Crippen MR) is 80.1 cm³/mol. The number of nitrogens with one attached hydrogen (secondary N) is 1.